The van der Waals surface area contributed by atoms with Crippen LogP contribution in [0.15, 0.2) is 48.8 Å². The molecule has 0 spiro atoms. The largest absolute Gasteiger partial charge is 0.453 e. The Labute approximate surface area is 216 Å². The van der Waals surface area contributed by atoms with Crippen molar-refractivity contribution in [2.24, 2.45) is 5.73 Å². The van der Waals surface area contributed by atoms with Gasteiger partial charge in [-0.2, -0.15) is 4.39 Å². The second kappa shape index (κ2) is 10.8. The molecular formula is C26H25F2N5O3S. The number of hydrogen-bond acceptors (Lipinski definition) is 7. The van der Waals surface area contributed by atoms with E-state index in [4.69, 9.17) is 15.2 Å². The molecule has 4 aromatic rings. The summed E-state index contributed by atoms with van der Waals surface area (Å²) in [4.78, 5) is 22.7. The zero-order valence-electron chi connectivity index (χ0n) is 20.0. The molecule has 2 amide bonds. The molecule has 11 heteroatoms. The molecule has 0 unspecified atom stereocenters. The van der Waals surface area contributed by atoms with Crippen molar-refractivity contribution in [1.29, 1.82) is 0 Å². The quantitative estimate of drug-likeness (QED) is 0.276. The first-order valence-corrected chi connectivity index (χ1v) is 12.6. The van der Waals surface area contributed by atoms with Crippen LogP contribution in [-0.2, 0) is 11.3 Å². The highest BCUT2D eigenvalue weighted by Gasteiger charge is 2.35. The van der Waals surface area contributed by atoms with Crippen molar-refractivity contribution in [3.63, 3.8) is 0 Å². The molecule has 1 aromatic carbocycles. The highest BCUT2D eigenvalue weighted by molar-refractivity contribution is 7.22. The molecule has 1 aliphatic carbocycles. The van der Waals surface area contributed by atoms with E-state index in [9.17, 15) is 13.6 Å². The Morgan fingerprint density at radius 1 is 1.16 bits per heavy atom. The Bertz CT molecular complexity index is 1430. The number of thiophene rings is 1. The van der Waals surface area contributed by atoms with Gasteiger partial charge in [0.25, 0.3) is 0 Å². The number of pyridine rings is 2. The van der Waals surface area contributed by atoms with E-state index < -0.39 is 17.7 Å². The van der Waals surface area contributed by atoms with Gasteiger partial charge in [0.15, 0.2) is 11.6 Å². The van der Waals surface area contributed by atoms with Crippen LogP contribution in [0.4, 0.5) is 19.3 Å². The predicted molar refractivity (Wildman–Crippen MR) is 138 cm³/mol. The summed E-state index contributed by atoms with van der Waals surface area (Å²) in [5.74, 6) is -2.34. The molecule has 3 N–H and O–H groups in total. The molecule has 3 aromatic heterocycles. The molecule has 1 aliphatic rings. The number of aromatic nitrogens is 2. The van der Waals surface area contributed by atoms with Crippen LogP contribution in [0.3, 0.4) is 0 Å². The first kappa shape index (κ1) is 25.0. The third-order valence-corrected chi connectivity index (χ3v) is 7.08. The summed E-state index contributed by atoms with van der Waals surface area (Å²) in [6.45, 7) is 2.07. The monoisotopic (exact) mass is 525 g/mol. The van der Waals surface area contributed by atoms with E-state index in [0.717, 1.165) is 27.6 Å². The number of methoxy groups -OCH3 is 1. The number of nitrogens with two attached hydrogens (primary N) is 1. The zero-order valence-corrected chi connectivity index (χ0v) is 20.9. The first-order valence-electron chi connectivity index (χ1n) is 11.7. The van der Waals surface area contributed by atoms with E-state index in [-0.39, 0.29) is 17.5 Å². The maximum atomic E-state index is 15.0. The molecule has 5 rings (SSSR count). The molecule has 1 saturated carbocycles. The van der Waals surface area contributed by atoms with Crippen molar-refractivity contribution < 1.29 is 23.0 Å². The fourth-order valence-corrected chi connectivity index (χ4v) is 4.98. The van der Waals surface area contributed by atoms with Crippen molar-refractivity contribution in [3.05, 3.63) is 66.0 Å². The molecule has 0 bridgehead atoms. The van der Waals surface area contributed by atoms with Gasteiger partial charge in [-0.25, -0.2) is 9.18 Å². The number of fused-ring (bicyclic) bond motifs is 1. The van der Waals surface area contributed by atoms with E-state index in [2.05, 4.69) is 15.3 Å². The number of nitrogens with one attached hydrogen (secondary N) is 1. The second-order valence-corrected chi connectivity index (χ2v) is 9.66. The number of carbonyl (C=O) groups excluding carboxylic acids is 1. The molecule has 192 valence electrons. The summed E-state index contributed by atoms with van der Waals surface area (Å²) in [6.07, 6.45) is 4.74. The number of halogens is 2. The van der Waals surface area contributed by atoms with Crippen LogP contribution in [0.1, 0.15) is 18.4 Å². The minimum atomic E-state index is -1.19. The maximum absolute atomic E-state index is 15.0. The van der Waals surface area contributed by atoms with Crippen LogP contribution in [0.25, 0.3) is 20.8 Å². The van der Waals surface area contributed by atoms with Gasteiger partial charge >= 0.3 is 6.03 Å². The zero-order chi connectivity index (χ0) is 25.9. The van der Waals surface area contributed by atoms with Gasteiger partial charge in [0.2, 0.25) is 5.82 Å². The number of rotatable bonds is 10. The lowest BCUT2D eigenvalue weighted by atomic mass is 10.2. The number of benzene rings is 1. The Hall–Kier alpha value is -3.67. The van der Waals surface area contributed by atoms with E-state index in [1.807, 2.05) is 18.2 Å². The molecule has 37 heavy (non-hydrogen) atoms. The van der Waals surface area contributed by atoms with Crippen molar-refractivity contribution in [1.82, 2.24) is 15.3 Å². The molecule has 3 heterocycles. The number of nitrogens with zero attached hydrogens (tertiary/aromatic N) is 3. The van der Waals surface area contributed by atoms with E-state index in [1.165, 1.54) is 23.5 Å². The molecule has 0 aliphatic heterocycles. The average molecular weight is 526 g/mol. The van der Waals surface area contributed by atoms with Crippen molar-refractivity contribution in [2.45, 2.75) is 25.4 Å². The van der Waals surface area contributed by atoms with Crippen molar-refractivity contribution in [2.75, 3.05) is 25.2 Å². The highest BCUT2D eigenvalue weighted by atomic mass is 32.1. The summed E-state index contributed by atoms with van der Waals surface area (Å²) in [5, 5.41) is 3.27. The fraction of sp³-hybridized carbons (Fsp3) is 0.269. The molecular weight excluding hydrogens is 500 g/mol. The number of primary amides is 1. The summed E-state index contributed by atoms with van der Waals surface area (Å²) >= 11 is 1.39. The molecule has 0 radical (unpaired) electrons. The number of urea groups is 1. The third kappa shape index (κ3) is 5.38. The van der Waals surface area contributed by atoms with Gasteiger partial charge in [-0.1, -0.05) is 6.07 Å². The lowest BCUT2D eigenvalue weighted by molar-refractivity contribution is 0.199. The van der Waals surface area contributed by atoms with E-state index in [1.54, 1.807) is 25.6 Å². The number of amides is 2. The van der Waals surface area contributed by atoms with Crippen LogP contribution < -0.4 is 20.7 Å². The van der Waals surface area contributed by atoms with Gasteiger partial charge in [-0.05, 0) is 42.7 Å². The van der Waals surface area contributed by atoms with Crippen LogP contribution in [0.2, 0.25) is 0 Å². The Balaban J connectivity index is 1.37. The van der Waals surface area contributed by atoms with Gasteiger partial charge in [0.1, 0.15) is 5.75 Å². The van der Waals surface area contributed by atoms with Crippen LogP contribution in [0, 0.1) is 11.6 Å². The Kier molecular flexibility index (Phi) is 7.26. The molecule has 8 nitrogen and oxygen atoms in total. The fourth-order valence-electron chi connectivity index (χ4n) is 3.94. The first-order chi connectivity index (χ1) is 18.0. The second-order valence-electron chi connectivity index (χ2n) is 8.61. The number of ether oxygens (including phenoxy) is 2. The standard InChI is InChI=1S/C26H25F2N5O3S/c1-35-11-10-30-13-15-2-5-17(32-14-15)22-12-18-25(37-22)21(8-9-31-18)36-20-7-6-19(23(27)24(20)28)33(26(29)34)16-3-4-16/h2,5-9,12,14,16,30H,3-4,10-11,13H2,1H3,(H2,29,34). The molecule has 0 saturated heterocycles. The number of hydrogen-bond donors (Lipinski definition) is 2. The SMILES string of the molecule is COCCNCc1ccc(-c2cc3nccc(Oc4ccc(N(C(N)=O)C5CC5)c(F)c4F)c3s2)nc1. The van der Waals surface area contributed by atoms with Gasteiger partial charge in [0, 0.05) is 44.7 Å². The van der Waals surface area contributed by atoms with Crippen LogP contribution in [-0.4, -0.2) is 42.3 Å². The van der Waals surface area contributed by atoms with E-state index in [0.29, 0.717) is 42.0 Å². The number of carbonyl (C=O) groups is 1. The predicted octanol–water partition coefficient (Wildman–Crippen LogP) is 5.21. The summed E-state index contributed by atoms with van der Waals surface area (Å²) < 4.78 is 41.4. The molecule has 1 fully saturated rings. The van der Waals surface area contributed by atoms with Gasteiger partial charge < -0.3 is 20.5 Å². The van der Waals surface area contributed by atoms with Gasteiger partial charge in [-0.3, -0.25) is 14.9 Å². The normalized spacial score (nSPS) is 13.2. The Morgan fingerprint density at radius 3 is 2.70 bits per heavy atom. The number of anilines is 1. The van der Waals surface area contributed by atoms with Crippen molar-refractivity contribution >= 4 is 33.3 Å². The van der Waals surface area contributed by atoms with Gasteiger partial charge in [0.05, 0.1) is 33.1 Å². The average Bonchev–Trinajstić information content (AvgIpc) is 3.63. The van der Waals surface area contributed by atoms with Crippen LogP contribution in [0.5, 0.6) is 11.5 Å². The third-order valence-electron chi connectivity index (χ3n) is 5.92. The summed E-state index contributed by atoms with van der Waals surface area (Å²) in [7, 11) is 1.66. The smallest absolute Gasteiger partial charge is 0.319 e. The topological polar surface area (TPSA) is 103 Å². The van der Waals surface area contributed by atoms with Crippen molar-refractivity contribution in [3.8, 4) is 22.1 Å². The summed E-state index contributed by atoms with van der Waals surface area (Å²) in [5.41, 5.74) is 7.66. The Morgan fingerprint density at radius 2 is 2.00 bits per heavy atom. The van der Waals surface area contributed by atoms with Crippen LogP contribution >= 0.6 is 11.3 Å². The van der Waals surface area contributed by atoms with Gasteiger partial charge in [-0.15, -0.1) is 11.3 Å². The summed E-state index contributed by atoms with van der Waals surface area (Å²) in [6, 6.07) is 8.98. The highest BCUT2D eigenvalue weighted by Crippen LogP contribution is 2.41. The maximum Gasteiger partial charge on any atom is 0.319 e. The minimum Gasteiger partial charge on any atom is -0.453 e. The lowest BCUT2D eigenvalue weighted by Gasteiger charge is -2.21. The molecule has 0 atom stereocenters. The lowest BCUT2D eigenvalue weighted by Crippen LogP contribution is -2.38. The van der Waals surface area contributed by atoms with E-state index >= 15 is 0 Å². The minimum absolute atomic E-state index is 0.193.